The fourth-order valence-electron chi connectivity index (χ4n) is 2.90. The molecule has 3 aromatic rings. The van der Waals surface area contributed by atoms with Gasteiger partial charge in [0.25, 0.3) is 5.91 Å². The number of ether oxygens (including phenoxy) is 1. The molecule has 1 aromatic heterocycles. The molecule has 4 rings (SSSR count). The smallest absolute Gasteiger partial charge is 0.273 e. The summed E-state index contributed by atoms with van der Waals surface area (Å²) in [6.07, 6.45) is 2.38. The standard InChI is InChI=1S/C19H18N4O2/c24-19(17-12-21-23(22-17)16-7-2-1-3-8-16)20-11-14-10-15-6-4-5-9-18(15)25-13-14/h1-9,12,14H,10-11,13H2,(H,20,24)/t14-/m0/s1. The van der Waals surface area contributed by atoms with Gasteiger partial charge in [-0.3, -0.25) is 4.79 Å². The van der Waals surface area contributed by atoms with Crippen molar-refractivity contribution in [1.82, 2.24) is 20.3 Å². The first-order valence-electron chi connectivity index (χ1n) is 8.26. The first-order chi connectivity index (χ1) is 12.3. The van der Waals surface area contributed by atoms with E-state index < -0.39 is 0 Å². The summed E-state index contributed by atoms with van der Waals surface area (Å²) in [5.41, 5.74) is 2.31. The van der Waals surface area contributed by atoms with Crippen molar-refractivity contribution in [1.29, 1.82) is 0 Å². The van der Waals surface area contributed by atoms with Gasteiger partial charge >= 0.3 is 0 Å². The minimum atomic E-state index is -0.221. The number of carbonyl (C=O) groups is 1. The van der Waals surface area contributed by atoms with Crippen LogP contribution in [0, 0.1) is 5.92 Å². The molecule has 126 valence electrons. The number of rotatable bonds is 4. The number of hydrogen-bond acceptors (Lipinski definition) is 4. The lowest BCUT2D eigenvalue weighted by molar-refractivity contribution is 0.0933. The third-order valence-corrected chi connectivity index (χ3v) is 4.22. The van der Waals surface area contributed by atoms with Crippen LogP contribution in [0.1, 0.15) is 16.1 Å². The van der Waals surface area contributed by atoms with E-state index in [1.807, 2.05) is 48.5 Å². The molecule has 0 bridgehead atoms. The van der Waals surface area contributed by atoms with E-state index >= 15 is 0 Å². The highest BCUT2D eigenvalue weighted by Gasteiger charge is 2.21. The van der Waals surface area contributed by atoms with E-state index in [9.17, 15) is 4.79 Å². The van der Waals surface area contributed by atoms with Gasteiger partial charge < -0.3 is 10.1 Å². The number of nitrogens with one attached hydrogen (secondary N) is 1. The van der Waals surface area contributed by atoms with Crippen molar-refractivity contribution in [3.05, 3.63) is 72.1 Å². The van der Waals surface area contributed by atoms with Gasteiger partial charge in [0.15, 0.2) is 5.69 Å². The Balaban J connectivity index is 1.36. The Kier molecular flexibility index (Phi) is 4.16. The Hall–Kier alpha value is -3.15. The van der Waals surface area contributed by atoms with Crippen molar-refractivity contribution in [2.75, 3.05) is 13.2 Å². The average molecular weight is 334 g/mol. The van der Waals surface area contributed by atoms with Crippen molar-refractivity contribution >= 4 is 5.91 Å². The van der Waals surface area contributed by atoms with Gasteiger partial charge in [-0.2, -0.15) is 9.90 Å². The molecule has 1 atom stereocenters. The molecule has 1 N–H and O–H groups in total. The quantitative estimate of drug-likeness (QED) is 0.794. The molecule has 1 aliphatic rings. The SMILES string of the molecule is O=C(NC[C@H]1COc2ccccc2C1)c1cnn(-c2ccccc2)n1. The largest absolute Gasteiger partial charge is 0.493 e. The summed E-state index contributed by atoms with van der Waals surface area (Å²) in [5, 5.41) is 11.3. The van der Waals surface area contributed by atoms with E-state index in [1.54, 1.807) is 0 Å². The molecule has 6 nitrogen and oxygen atoms in total. The summed E-state index contributed by atoms with van der Waals surface area (Å²) < 4.78 is 5.75. The van der Waals surface area contributed by atoms with E-state index in [4.69, 9.17) is 4.74 Å². The zero-order chi connectivity index (χ0) is 17.1. The Morgan fingerprint density at radius 2 is 1.96 bits per heavy atom. The molecular formula is C19H18N4O2. The van der Waals surface area contributed by atoms with Gasteiger partial charge in [-0.1, -0.05) is 36.4 Å². The Labute approximate surface area is 145 Å². The zero-order valence-electron chi connectivity index (χ0n) is 13.6. The lowest BCUT2D eigenvalue weighted by Crippen LogP contribution is -2.35. The highest BCUT2D eigenvalue weighted by Crippen LogP contribution is 2.26. The number of amides is 1. The molecule has 0 unspecified atom stereocenters. The van der Waals surface area contributed by atoms with Gasteiger partial charge in [0, 0.05) is 12.5 Å². The van der Waals surface area contributed by atoms with Crippen LogP contribution in [0.2, 0.25) is 0 Å². The molecule has 0 spiro atoms. The van der Waals surface area contributed by atoms with Crippen LogP contribution < -0.4 is 10.1 Å². The molecule has 0 saturated carbocycles. The number of carbonyl (C=O) groups excluding carboxylic acids is 1. The van der Waals surface area contributed by atoms with Gasteiger partial charge in [0.1, 0.15) is 5.75 Å². The maximum Gasteiger partial charge on any atom is 0.273 e. The molecule has 0 aliphatic carbocycles. The molecule has 2 aromatic carbocycles. The summed E-state index contributed by atoms with van der Waals surface area (Å²) >= 11 is 0. The second-order valence-electron chi connectivity index (χ2n) is 6.05. The van der Waals surface area contributed by atoms with E-state index in [0.29, 0.717) is 18.8 Å². The van der Waals surface area contributed by atoms with Crippen molar-refractivity contribution < 1.29 is 9.53 Å². The second kappa shape index (κ2) is 6.76. The molecule has 0 fully saturated rings. The maximum atomic E-state index is 12.3. The van der Waals surface area contributed by atoms with Gasteiger partial charge in [-0.05, 0) is 30.2 Å². The molecule has 2 heterocycles. The first kappa shape index (κ1) is 15.4. The summed E-state index contributed by atoms with van der Waals surface area (Å²) in [6, 6.07) is 17.5. The van der Waals surface area contributed by atoms with Crippen molar-refractivity contribution in [3.8, 4) is 11.4 Å². The molecule has 1 amide bonds. The topological polar surface area (TPSA) is 69.0 Å². The number of benzene rings is 2. The highest BCUT2D eigenvalue weighted by atomic mass is 16.5. The highest BCUT2D eigenvalue weighted by molar-refractivity contribution is 5.91. The number of hydrogen-bond donors (Lipinski definition) is 1. The normalized spacial score (nSPS) is 15.9. The Morgan fingerprint density at radius 3 is 2.84 bits per heavy atom. The van der Waals surface area contributed by atoms with Crippen molar-refractivity contribution in [2.45, 2.75) is 6.42 Å². The van der Waals surface area contributed by atoms with Gasteiger partial charge in [-0.15, -0.1) is 5.10 Å². The third-order valence-electron chi connectivity index (χ3n) is 4.22. The number of fused-ring (bicyclic) bond motifs is 1. The molecular weight excluding hydrogens is 316 g/mol. The molecule has 0 saturated heterocycles. The van der Waals surface area contributed by atoms with Crippen LogP contribution >= 0.6 is 0 Å². The fraction of sp³-hybridized carbons (Fsp3) is 0.211. The second-order valence-corrected chi connectivity index (χ2v) is 6.05. The van der Waals surface area contributed by atoms with Crippen LogP contribution in [0.4, 0.5) is 0 Å². The maximum absolute atomic E-state index is 12.3. The van der Waals surface area contributed by atoms with Gasteiger partial charge in [0.2, 0.25) is 0 Å². The summed E-state index contributed by atoms with van der Waals surface area (Å²) in [7, 11) is 0. The molecule has 25 heavy (non-hydrogen) atoms. The van der Waals surface area contributed by atoms with Crippen LogP contribution in [-0.2, 0) is 6.42 Å². The number of para-hydroxylation sites is 2. The van der Waals surface area contributed by atoms with Crippen molar-refractivity contribution in [2.24, 2.45) is 5.92 Å². The number of aromatic nitrogens is 3. The predicted octanol–water partition coefficient (Wildman–Crippen LogP) is 2.25. The summed E-state index contributed by atoms with van der Waals surface area (Å²) in [6.45, 7) is 1.15. The van der Waals surface area contributed by atoms with Gasteiger partial charge in [0.05, 0.1) is 18.5 Å². The van der Waals surface area contributed by atoms with Gasteiger partial charge in [-0.25, -0.2) is 0 Å². The first-order valence-corrected chi connectivity index (χ1v) is 8.26. The van der Waals surface area contributed by atoms with Crippen LogP contribution in [0.15, 0.2) is 60.8 Å². The molecule has 0 radical (unpaired) electrons. The van der Waals surface area contributed by atoms with Crippen LogP contribution in [0.3, 0.4) is 0 Å². The van der Waals surface area contributed by atoms with Crippen LogP contribution in [0.25, 0.3) is 5.69 Å². The predicted molar refractivity (Wildman–Crippen MR) is 92.8 cm³/mol. The summed E-state index contributed by atoms with van der Waals surface area (Å²) in [4.78, 5) is 13.8. The van der Waals surface area contributed by atoms with E-state index in [0.717, 1.165) is 17.9 Å². The van der Waals surface area contributed by atoms with E-state index in [-0.39, 0.29) is 11.8 Å². The Morgan fingerprint density at radius 1 is 1.16 bits per heavy atom. The number of nitrogens with zero attached hydrogens (tertiary/aromatic N) is 3. The summed E-state index contributed by atoms with van der Waals surface area (Å²) in [5.74, 6) is 0.972. The molecule has 1 aliphatic heterocycles. The Bertz CT molecular complexity index is 876. The van der Waals surface area contributed by atoms with Crippen LogP contribution in [-0.4, -0.2) is 34.1 Å². The van der Waals surface area contributed by atoms with Crippen molar-refractivity contribution in [3.63, 3.8) is 0 Å². The average Bonchev–Trinajstić information content (AvgIpc) is 3.17. The lowest BCUT2D eigenvalue weighted by atomic mass is 9.97. The van der Waals surface area contributed by atoms with E-state index in [2.05, 4.69) is 21.6 Å². The minimum absolute atomic E-state index is 0.221. The van der Waals surface area contributed by atoms with Crippen LogP contribution in [0.5, 0.6) is 5.75 Å². The lowest BCUT2D eigenvalue weighted by Gasteiger charge is -2.25. The monoisotopic (exact) mass is 334 g/mol. The zero-order valence-corrected chi connectivity index (χ0v) is 13.6. The third kappa shape index (κ3) is 3.38. The minimum Gasteiger partial charge on any atom is -0.493 e. The molecule has 6 heteroatoms. The van der Waals surface area contributed by atoms with E-state index in [1.165, 1.54) is 16.6 Å². The fourth-order valence-corrected chi connectivity index (χ4v) is 2.90.